The zero-order valence-electron chi connectivity index (χ0n) is 14.7. The molecule has 7 heteroatoms. The number of para-hydroxylation sites is 1. The van der Waals surface area contributed by atoms with Crippen LogP contribution in [0.3, 0.4) is 0 Å². The lowest BCUT2D eigenvalue weighted by Gasteiger charge is -2.10. The molecule has 0 heterocycles. The summed E-state index contributed by atoms with van der Waals surface area (Å²) in [5.41, 5.74) is 1.12. The minimum atomic E-state index is -0.935. The van der Waals surface area contributed by atoms with Crippen molar-refractivity contribution in [1.29, 1.82) is 0 Å². The van der Waals surface area contributed by atoms with Gasteiger partial charge in [-0.25, -0.2) is 0 Å². The highest BCUT2D eigenvalue weighted by Crippen LogP contribution is 2.32. The summed E-state index contributed by atoms with van der Waals surface area (Å²) >= 11 is 1.53. The summed E-state index contributed by atoms with van der Waals surface area (Å²) in [4.78, 5) is 24.0. The number of benzene rings is 2. The predicted molar refractivity (Wildman–Crippen MR) is 101 cm³/mol. The summed E-state index contributed by atoms with van der Waals surface area (Å²) in [6, 6.07) is 12.5. The van der Waals surface area contributed by atoms with Crippen molar-refractivity contribution < 1.29 is 24.2 Å². The molecule has 0 bridgehead atoms. The Morgan fingerprint density at radius 1 is 1.08 bits per heavy atom. The van der Waals surface area contributed by atoms with Crippen molar-refractivity contribution in [2.75, 3.05) is 25.3 Å². The number of carboxylic acid groups (broad SMARTS) is 1. The highest BCUT2D eigenvalue weighted by molar-refractivity contribution is 7.99. The summed E-state index contributed by atoms with van der Waals surface area (Å²) in [6.07, 6.45) is 0.178. The molecule has 2 aromatic rings. The molecule has 0 aliphatic carbocycles. The smallest absolute Gasteiger partial charge is 0.307 e. The van der Waals surface area contributed by atoms with Crippen LogP contribution in [0.5, 0.6) is 11.5 Å². The van der Waals surface area contributed by atoms with Gasteiger partial charge in [0.2, 0.25) is 5.91 Å². The minimum Gasteiger partial charge on any atom is -0.493 e. The Labute approximate surface area is 156 Å². The zero-order chi connectivity index (χ0) is 18.9. The van der Waals surface area contributed by atoms with Gasteiger partial charge in [0.05, 0.1) is 20.6 Å². The second-order valence-electron chi connectivity index (χ2n) is 5.39. The van der Waals surface area contributed by atoms with Crippen molar-refractivity contribution in [3.8, 4) is 11.5 Å². The Balaban J connectivity index is 1.89. The van der Waals surface area contributed by atoms with E-state index in [0.717, 1.165) is 4.90 Å². The second-order valence-corrected chi connectivity index (χ2v) is 6.56. The van der Waals surface area contributed by atoms with Crippen molar-refractivity contribution in [2.24, 2.45) is 0 Å². The maximum Gasteiger partial charge on any atom is 0.307 e. The normalized spacial score (nSPS) is 10.2. The van der Waals surface area contributed by atoms with E-state index in [1.165, 1.54) is 11.8 Å². The fourth-order valence-electron chi connectivity index (χ4n) is 2.34. The third kappa shape index (κ3) is 5.70. The lowest BCUT2D eigenvalue weighted by Crippen LogP contribution is -2.14. The van der Waals surface area contributed by atoms with E-state index in [9.17, 15) is 9.59 Å². The van der Waals surface area contributed by atoms with E-state index < -0.39 is 5.97 Å². The molecule has 2 rings (SSSR count). The monoisotopic (exact) mass is 375 g/mol. The first-order chi connectivity index (χ1) is 12.5. The van der Waals surface area contributed by atoms with E-state index in [2.05, 4.69) is 5.32 Å². The quantitative estimate of drug-likeness (QED) is 0.653. The molecule has 2 N–H and O–H groups in total. The lowest BCUT2D eigenvalue weighted by atomic mass is 10.1. The average molecular weight is 375 g/mol. The van der Waals surface area contributed by atoms with Crippen molar-refractivity contribution >= 4 is 29.3 Å². The maximum absolute atomic E-state index is 12.1. The summed E-state index contributed by atoms with van der Waals surface area (Å²) < 4.78 is 10.5. The van der Waals surface area contributed by atoms with Crippen molar-refractivity contribution in [3.63, 3.8) is 0 Å². The topological polar surface area (TPSA) is 84.9 Å². The molecule has 0 saturated carbocycles. The molecule has 0 saturated heterocycles. The van der Waals surface area contributed by atoms with Crippen LogP contribution in [0.15, 0.2) is 47.4 Å². The first-order valence-electron chi connectivity index (χ1n) is 7.98. The van der Waals surface area contributed by atoms with E-state index in [1.807, 2.05) is 18.2 Å². The van der Waals surface area contributed by atoms with Crippen LogP contribution in [0.25, 0.3) is 0 Å². The highest BCUT2D eigenvalue weighted by atomic mass is 32.2. The molecule has 0 aliphatic heterocycles. The summed E-state index contributed by atoms with van der Waals surface area (Å²) in [7, 11) is 3.16. The number of methoxy groups -OCH3 is 2. The number of anilines is 1. The fraction of sp³-hybridized carbons (Fsp3) is 0.263. The van der Waals surface area contributed by atoms with Gasteiger partial charge in [0.25, 0.3) is 0 Å². The highest BCUT2D eigenvalue weighted by Gasteiger charge is 2.10. The molecular formula is C19H21NO5S. The number of carbonyl (C=O) groups excluding carboxylic acids is 1. The minimum absolute atomic E-state index is 0.128. The summed E-state index contributed by atoms with van der Waals surface area (Å²) in [5.74, 6) is 0.795. The third-order valence-corrected chi connectivity index (χ3v) is 4.58. The molecule has 0 spiro atoms. The van der Waals surface area contributed by atoms with Crippen LogP contribution in [0, 0.1) is 0 Å². The number of ether oxygens (including phenoxy) is 2. The Morgan fingerprint density at radius 2 is 1.81 bits per heavy atom. The Hall–Kier alpha value is -2.67. The van der Waals surface area contributed by atoms with E-state index in [0.29, 0.717) is 34.9 Å². The van der Waals surface area contributed by atoms with Gasteiger partial charge in [-0.1, -0.05) is 18.2 Å². The molecule has 0 radical (unpaired) electrons. The predicted octanol–water partition coefficient (Wildman–Crippen LogP) is 3.45. The van der Waals surface area contributed by atoms with Crippen molar-refractivity contribution in [2.45, 2.75) is 17.7 Å². The number of hydrogen-bond donors (Lipinski definition) is 2. The number of aliphatic carboxylic acids is 1. The van der Waals surface area contributed by atoms with Crippen LogP contribution in [-0.4, -0.2) is 37.0 Å². The maximum atomic E-state index is 12.1. The van der Waals surface area contributed by atoms with Gasteiger partial charge in [-0.3, -0.25) is 9.59 Å². The molecule has 0 unspecified atom stereocenters. The van der Waals surface area contributed by atoms with Crippen LogP contribution in [0.4, 0.5) is 5.69 Å². The Bertz CT molecular complexity index is 778. The van der Waals surface area contributed by atoms with Gasteiger partial charge in [0.1, 0.15) is 0 Å². The van der Waals surface area contributed by atoms with Crippen LogP contribution in [0.2, 0.25) is 0 Å². The molecule has 2 aromatic carbocycles. The van der Waals surface area contributed by atoms with Crippen LogP contribution in [0.1, 0.15) is 12.0 Å². The van der Waals surface area contributed by atoms with Gasteiger partial charge in [0.15, 0.2) is 11.5 Å². The van der Waals surface area contributed by atoms with Crippen molar-refractivity contribution in [1.82, 2.24) is 0 Å². The van der Waals surface area contributed by atoms with Gasteiger partial charge < -0.3 is 19.9 Å². The van der Waals surface area contributed by atoms with Gasteiger partial charge in [0, 0.05) is 22.8 Å². The van der Waals surface area contributed by atoms with E-state index in [4.69, 9.17) is 14.6 Å². The molecule has 0 fully saturated rings. The molecule has 0 aromatic heterocycles. The third-order valence-electron chi connectivity index (χ3n) is 3.59. The SMILES string of the molecule is COc1ccc(SCCC(=O)Nc2ccccc2CC(=O)O)cc1OC. The molecule has 6 nitrogen and oxygen atoms in total. The first-order valence-corrected chi connectivity index (χ1v) is 8.96. The number of hydrogen-bond acceptors (Lipinski definition) is 5. The Kier molecular flexibility index (Phi) is 7.35. The first kappa shape index (κ1) is 19.7. The van der Waals surface area contributed by atoms with Crippen LogP contribution < -0.4 is 14.8 Å². The standard InChI is InChI=1S/C19H21NO5S/c1-24-16-8-7-14(12-17(16)25-2)26-10-9-18(21)20-15-6-4-3-5-13(15)11-19(22)23/h3-8,12H,9-11H2,1-2H3,(H,20,21)(H,22,23). The van der Waals surface area contributed by atoms with Gasteiger partial charge >= 0.3 is 5.97 Å². The summed E-state index contributed by atoms with van der Waals surface area (Å²) in [5, 5.41) is 11.7. The molecular weight excluding hydrogens is 354 g/mol. The molecule has 0 atom stereocenters. The second kappa shape index (κ2) is 9.72. The average Bonchev–Trinajstić information content (AvgIpc) is 2.62. The number of amides is 1. The largest absolute Gasteiger partial charge is 0.493 e. The molecule has 26 heavy (non-hydrogen) atoms. The van der Waals surface area contributed by atoms with Crippen molar-refractivity contribution in [3.05, 3.63) is 48.0 Å². The fourth-order valence-corrected chi connectivity index (χ4v) is 3.22. The lowest BCUT2D eigenvalue weighted by molar-refractivity contribution is -0.136. The van der Waals surface area contributed by atoms with Crippen LogP contribution >= 0.6 is 11.8 Å². The number of nitrogens with one attached hydrogen (secondary N) is 1. The number of rotatable bonds is 9. The van der Waals surface area contributed by atoms with E-state index in [1.54, 1.807) is 38.5 Å². The van der Waals surface area contributed by atoms with E-state index >= 15 is 0 Å². The molecule has 138 valence electrons. The summed E-state index contributed by atoms with van der Waals surface area (Å²) in [6.45, 7) is 0. The zero-order valence-corrected chi connectivity index (χ0v) is 15.5. The molecule has 0 aliphatic rings. The van der Waals surface area contributed by atoms with Crippen LogP contribution in [-0.2, 0) is 16.0 Å². The molecule has 1 amide bonds. The number of carbonyl (C=O) groups is 2. The van der Waals surface area contributed by atoms with E-state index in [-0.39, 0.29) is 12.3 Å². The van der Waals surface area contributed by atoms with Gasteiger partial charge in [-0.05, 0) is 29.8 Å². The van der Waals surface area contributed by atoms with Gasteiger partial charge in [-0.15, -0.1) is 11.8 Å². The number of thioether (sulfide) groups is 1. The number of carboxylic acids is 1. The van der Waals surface area contributed by atoms with Gasteiger partial charge in [-0.2, -0.15) is 0 Å². The Morgan fingerprint density at radius 3 is 2.50 bits per heavy atom.